The van der Waals surface area contributed by atoms with Gasteiger partial charge in [-0.3, -0.25) is 4.79 Å². The van der Waals surface area contributed by atoms with Crippen LogP contribution in [0.2, 0.25) is 0 Å². The lowest BCUT2D eigenvalue weighted by Gasteiger charge is -2.28. The van der Waals surface area contributed by atoms with E-state index in [-0.39, 0.29) is 46.6 Å². The summed E-state index contributed by atoms with van der Waals surface area (Å²) in [7, 11) is 1.88. The fourth-order valence-electron chi connectivity index (χ4n) is 5.21. The molecule has 0 saturated carbocycles. The second-order valence-electron chi connectivity index (χ2n) is 8.77. The highest BCUT2D eigenvalue weighted by Gasteiger charge is 2.38. The van der Waals surface area contributed by atoms with Gasteiger partial charge in [0.05, 0.1) is 16.9 Å². The summed E-state index contributed by atoms with van der Waals surface area (Å²) in [6.07, 6.45) is 6.10. The Morgan fingerprint density at radius 1 is 1.09 bits per heavy atom. The number of carboxylic acid groups (broad SMARTS) is 1. The molecule has 3 atom stereocenters. The summed E-state index contributed by atoms with van der Waals surface area (Å²) in [5.41, 5.74) is -1.29. The van der Waals surface area contributed by atoms with E-state index in [0.717, 1.165) is 30.8 Å². The van der Waals surface area contributed by atoms with Crippen LogP contribution in [0.4, 0.5) is 18.9 Å². The van der Waals surface area contributed by atoms with Gasteiger partial charge in [0, 0.05) is 42.7 Å². The number of halogens is 4. The van der Waals surface area contributed by atoms with Crippen LogP contribution in [0.25, 0.3) is 16.6 Å². The lowest BCUT2D eigenvalue weighted by atomic mass is 9.82. The van der Waals surface area contributed by atoms with E-state index in [4.69, 9.17) is 0 Å². The molecule has 184 valence electrons. The van der Waals surface area contributed by atoms with Crippen LogP contribution in [0.1, 0.15) is 16.8 Å². The molecule has 1 aliphatic carbocycles. The average molecular weight is 506 g/mol. The Bertz CT molecular complexity index is 1410. The summed E-state index contributed by atoms with van der Waals surface area (Å²) in [5, 5.41) is 12.6. The number of aromatic nitrogens is 1. The number of allylic oxidation sites excluding steroid dienone is 1. The second kappa shape index (κ2) is 9.39. The standard InChI is InChI=1S/C25H22F3N3O3.ClH/c1-29-20-4-2-3-13-10-30(11-16(13)20)23-9-22-15(8-19(23)28)24(32)17(25(33)34)12-31(22)21-6-5-14(26)7-18(21)27;/h2,4-9,12-13,16,20,29H,3,10-11H2,1H3,(H,33,34);1H. The Morgan fingerprint density at radius 3 is 2.51 bits per heavy atom. The maximum Gasteiger partial charge on any atom is 0.341 e. The van der Waals surface area contributed by atoms with Gasteiger partial charge in [0.1, 0.15) is 23.0 Å². The number of benzene rings is 2. The maximum atomic E-state index is 15.3. The summed E-state index contributed by atoms with van der Waals surface area (Å²) >= 11 is 0. The lowest BCUT2D eigenvalue weighted by Crippen LogP contribution is -2.38. The van der Waals surface area contributed by atoms with Crippen molar-refractivity contribution in [3.63, 3.8) is 0 Å². The van der Waals surface area contributed by atoms with Crippen LogP contribution in [0, 0.1) is 29.3 Å². The molecule has 1 fully saturated rings. The molecule has 6 nitrogen and oxygen atoms in total. The Morgan fingerprint density at radius 2 is 1.83 bits per heavy atom. The number of rotatable bonds is 4. The van der Waals surface area contributed by atoms with Gasteiger partial charge in [-0.05, 0) is 43.7 Å². The number of likely N-dealkylation sites (N-methyl/N-ethyl adjacent to an activating group) is 1. The molecule has 2 aliphatic rings. The summed E-state index contributed by atoms with van der Waals surface area (Å²) in [6, 6.07) is 5.46. The first-order valence-corrected chi connectivity index (χ1v) is 10.9. The Kier molecular flexibility index (Phi) is 6.66. The van der Waals surface area contributed by atoms with Crippen molar-refractivity contribution in [1.29, 1.82) is 0 Å². The molecular formula is C25H23ClF3N3O3. The number of nitrogens with one attached hydrogen (secondary N) is 1. The molecule has 0 amide bonds. The maximum absolute atomic E-state index is 15.3. The van der Waals surface area contributed by atoms with Gasteiger partial charge in [-0.15, -0.1) is 12.4 Å². The Hall–Kier alpha value is -3.30. The molecular weight excluding hydrogens is 483 g/mol. The van der Waals surface area contributed by atoms with Crippen molar-refractivity contribution in [2.75, 3.05) is 25.0 Å². The SMILES string of the molecule is CNC1C=CCC2CN(c3cc4c(cc3F)c(=O)c(C(=O)O)cn4-c3ccc(F)cc3F)CC21.Cl. The number of fused-ring (bicyclic) bond motifs is 2. The molecule has 1 aromatic heterocycles. The number of nitrogens with zero attached hydrogens (tertiary/aromatic N) is 2. The van der Waals surface area contributed by atoms with E-state index in [2.05, 4.69) is 17.5 Å². The van der Waals surface area contributed by atoms with Crippen LogP contribution in [0.15, 0.2) is 53.5 Å². The lowest BCUT2D eigenvalue weighted by molar-refractivity contribution is 0.0695. The van der Waals surface area contributed by atoms with Crippen molar-refractivity contribution in [2.24, 2.45) is 11.8 Å². The number of aromatic carboxylic acids is 1. The minimum absolute atomic E-state index is 0. The van der Waals surface area contributed by atoms with E-state index in [1.807, 2.05) is 11.9 Å². The van der Waals surface area contributed by atoms with Gasteiger partial charge >= 0.3 is 5.97 Å². The number of hydrogen-bond donors (Lipinski definition) is 2. The van der Waals surface area contributed by atoms with E-state index in [1.54, 1.807) is 0 Å². The normalized spacial score (nSPS) is 21.1. The van der Waals surface area contributed by atoms with Crippen LogP contribution in [0.5, 0.6) is 0 Å². The largest absolute Gasteiger partial charge is 0.477 e. The molecule has 10 heteroatoms. The molecule has 5 rings (SSSR count). The quantitative estimate of drug-likeness (QED) is 0.522. The van der Waals surface area contributed by atoms with E-state index in [0.29, 0.717) is 25.1 Å². The van der Waals surface area contributed by atoms with Crippen LogP contribution in [0.3, 0.4) is 0 Å². The van der Waals surface area contributed by atoms with Crippen molar-refractivity contribution in [3.8, 4) is 5.69 Å². The van der Waals surface area contributed by atoms with E-state index in [1.165, 1.54) is 10.6 Å². The highest BCUT2D eigenvalue weighted by atomic mass is 35.5. The van der Waals surface area contributed by atoms with Crippen LogP contribution in [-0.4, -0.2) is 41.8 Å². The van der Waals surface area contributed by atoms with Crippen molar-refractivity contribution in [3.05, 3.63) is 81.9 Å². The predicted molar refractivity (Wildman–Crippen MR) is 129 cm³/mol. The highest BCUT2D eigenvalue weighted by molar-refractivity contribution is 5.94. The number of anilines is 1. The van der Waals surface area contributed by atoms with Gasteiger partial charge in [-0.25, -0.2) is 18.0 Å². The zero-order valence-corrected chi connectivity index (χ0v) is 19.5. The molecule has 1 saturated heterocycles. The van der Waals surface area contributed by atoms with Gasteiger partial charge in [0.25, 0.3) is 0 Å². The summed E-state index contributed by atoms with van der Waals surface area (Å²) in [6.45, 7) is 1.20. The minimum atomic E-state index is -1.53. The molecule has 1 aliphatic heterocycles. The molecule has 2 N–H and O–H groups in total. The van der Waals surface area contributed by atoms with E-state index in [9.17, 15) is 23.5 Å². The Balaban J connectivity index is 0.00000289. The average Bonchev–Trinajstić information content (AvgIpc) is 3.24. The predicted octanol–water partition coefficient (Wildman–Crippen LogP) is 4.13. The molecule has 0 radical (unpaired) electrons. The number of hydrogen-bond acceptors (Lipinski definition) is 4. The topological polar surface area (TPSA) is 74.6 Å². The molecule has 0 spiro atoms. The molecule has 2 aromatic carbocycles. The first-order chi connectivity index (χ1) is 16.3. The number of pyridine rings is 1. The molecule has 3 aromatic rings. The number of carboxylic acids is 1. The zero-order chi connectivity index (χ0) is 24.1. The Labute approximate surface area is 205 Å². The fraction of sp³-hybridized carbons (Fsp3) is 0.280. The van der Waals surface area contributed by atoms with Gasteiger partial charge in [0.15, 0.2) is 0 Å². The number of carbonyl (C=O) groups is 1. The van der Waals surface area contributed by atoms with Gasteiger partial charge in [-0.2, -0.15) is 0 Å². The van der Waals surface area contributed by atoms with Gasteiger partial charge < -0.3 is 19.9 Å². The van der Waals surface area contributed by atoms with Gasteiger partial charge in [-0.1, -0.05) is 12.2 Å². The molecule has 3 unspecified atom stereocenters. The van der Waals surface area contributed by atoms with E-state index < -0.39 is 34.4 Å². The molecule has 0 bridgehead atoms. The van der Waals surface area contributed by atoms with Crippen LogP contribution in [-0.2, 0) is 0 Å². The van der Waals surface area contributed by atoms with Crippen LogP contribution < -0.4 is 15.6 Å². The third kappa shape index (κ3) is 4.19. The summed E-state index contributed by atoms with van der Waals surface area (Å²) < 4.78 is 44.7. The van der Waals surface area contributed by atoms with Gasteiger partial charge in [0.2, 0.25) is 5.43 Å². The van der Waals surface area contributed by atoms with Crippen molar-refractivity contribution in [2.45, 2.75) is 12.5 Å². The smallest absolute Gasteiger partial charge is 0.341 e. The second-order valence-corrected chi connectivity index (χ2v) is 8.77. The fourth-order valence-corrected chi connectivity index (χ4v) is 5.21. The monoisotopic (exact) mass is 505 g/mol. The minimum Gasteiger partial charge on any atom is -0.477 e. The highest BCUT2D eigenvalue weighted by Crippen LogP contribution is 2.37. The van der Waals surface area contributed by atoms with Crippen molar-refractivity contribution in [1.82, 2.24) is 9.88 Å². The first-order valence-electron chi connectivity index (χ1n) is 10.9. The van der Waals surface area contributed by atoms with Crippen molar-refractivity contribution >= 4 is 35.0 Å². The molecule has 2 heterocycles. The molecule has 35 heavy (non-hydrogen) atoms. The van der Waals surface area contributed by atoms with Crippen LogP contribution >= 0.6 is 12.4 Å². The summed E-state index contributed by atoms with van der Waals surface area (Å²) in [4.78, 5) is 26.4. The summed E-state index contributed by atoms with van der Waals surface area (Å²) in [5.74, 6) is -3.33. The van der Waals surface area contributed by atoms with E-state index >= 15 is 4.39 Å². The third-order valence-corrected chi connectivity index (χ3v) is 6.88. The van der Waals surface area contributed by atoms with Crippen molar-refractivity contribution < 1.29 is 23.1 Å². The first kappa shape index (κ1) is 24.8. The third-order valence-electron chi connectivity index (χ3n) is 6.88. The zero-order valence-electron chi connectivity index (χ0n) is 18.7.